The van der Waals surface area contributed by atoms with Crippen molar-refractivity contribution in [1.82, 2.24) is 19.9 Å². The quantitative estimate of drug-likeness (QED) is 0.491. The van der Waals surface area contributed by atoms with Crippen LogP contribution in [0.3, 0.4) is 0 Å². The topological polar surface area (TPSA) is 46.0 Å². The van der Waals surface area contributed by atoms with Crippen LogP contribution in [0.2, 0.25) is 0 Å². The molecule has 1 aliphatic rings. The Hall–Kier alpha value is -3.51. The van der Waals surface area contributed by atoms with Gasteiger partial charge >= 0.3 is 0 Å². The first-order valence-corrected chi connectivity index (χ1v) is 10.3. The number of nitrogens with zero attached hydrogens (tertiary/aromatic N) is 4. The van der Waals surface area contributed by atoms with Crippen molar-refractivity contribution in [2.45, 2.75) is 19.0 Å². The molecule has 30 heavy (non-hydrogen) atoms. The number of hydrogen-bond donors (Lipinski definition) is 1. The van der Waals surface area contributed by atoms with Crippen molar-refractivity contribution in [3.8, 4) is 5.69 Å². The van der Waals surface area contributed by atoms with Gasteiger partial charge < -0.3 is 14.8 Å². The molecule has 4 aromatic rings. The van der Waals surface area contributed by atoms with E-state index in [-0.39, 0.29) is 12.1 Å². The van der Waals surface area contributed by atoms with E-state index in [2.05, 4.69) is 74.3 Å². The van der Waals surface area contributed by atoms with Crippen LogP contribution in [0.4, 0.5) is 5.69 Å². The number of pyridine rings is 2. The Balaban J connectivity index is 1.67. The summed E-state index contributed by atoms with van der Waals surface area (Å²) in [6, 6.07) is 22.6. The summed E-state index contributed by atoms with van der Waals surface area (Å²) in [6.45, 7) is 2.09. The summed E-state index contributed by atoms with van der Waals surface area (Å²) in [5, 5.41) is 4.22. The highest BCUT2D eigenvalue weighted by Gasteiger charge is 2.42. The lowest BCUT2D eigenvalue weighted by molar-refractivity contribution is 0.549. The van der Waals surface area contributed by atoms with E-state index in [1.165, 1.54) is 5.56 Å². The van der Waals surface area contributed by atoms with Crippen LogP contribution in [0.1, 0.15) is 29.0 Å². The zero-order valence-electron chi connectivity index (χ0n) is 16.5. The predicted molar refractivity (Wildman–Crippen MR) is 123 cm³/mol. The second kappa shape index (κ2) is 7.72. The summed E-state index contributed by atoms with van der Waals surface area (Å²) in [7, 11) is 0. The molecule has 1 aliphatic heterocycles. The number of benzene rings is 1. The van der Waals surface area contributed by atoms with Crippen LogP contribution in [-0.4, -0.2) is 19.6 Å². The molecule has 0 saturated carbocycles. The van der Waals surface area contributed by atoms with Gasteiger partial charge in [-0.25, -0.2) is 0 Å². The van der Waals surface area contributed by atoms with Crippen molar-refractivity contribution in [2.24, 2.45) is 0 Å². The second-order valence-electron chi connectivity index (χ2n) is 7.34. The van der Waals surface area contributed by atoms with Crippen LogP contribution in [0, 0.1) is 6.92 Å². The van der Waals surface area contributed by atoms with Crippen molar-refractivity contribution in [1.29, 1.82) is 0 Å². The summed E-state index contributed by atoms with van der Waals surface area (Å²) in [5.41, 5.74) is 5.43. The zero-order valence-corrected chi connectivity index (χ0v) is 17.3. The molecule has 0 amide bonds. The third kappa shape index (κ3) is 3.25. The molecular weight excluding hydrogens is 390 g/mol. The maximum absolute atomic E-state index is 5.81. The van der Waals surface area contributed by atoms with Gasteiger partial charge in [-0.05, 0) is 67.7 Å². The third-order valence-corrected chi connectivity index (χ3v) is 5.75. The van der Waals surface area contributed by atoms with Gasteiger partial charge in [0.25, 0.3) is 0 Å². The average Bonchev–Trinajstić information content (AvgIpc) is 3.40. The first kappa shape index (κ1) is 18.5. The SMILES string of the molecule is Cc1ccc(N2C(=S)NC(c3ccccn3)C2c2cccn2-c2ccncc2)cc1. The average molecular weight is 412 g/mol. The molecule has 2 atom stereocenters. The highest BCUT2D eigenvalue weighted by Crippen LogP contribution is 2.42. The maximum atomic E-state index is 5.81. The first-order chi connectivity index (χ1) is 14.7. The van der Waals surface area contributed by atoms with E-state index in [4.69, 9.17) is 12.2 Å². The maximum Gasteiger partial charge on any atom is 0.174 e. The zero-order chi connectivity index (χ0) is 20.5. The molecule has 6 heteroatoms. The van der Waals surface area contributed by atoms with Gasteiger partial charge in [0, 0.05) is 41.9 Å². The van der Waals surface area contributed by atoms with E-state index in [9.17, 15) is 0 Å². The first-order valence-electron chi connectivity index (χ1n) is 9.87. The fourth-order valence-electron chi connectivity index (χ4n) is 4.01. The second-order valence-corrected chi connectivity index (χ2v) is 7.73. The fraction of sp³-hybridized carbons (Fsp3) is 0.125. The smallest absolute Gasteiger partial charge is 0.174 e. The van der Waals surface area contributed by atoms with Crippen molar-refractivity contribution >= 4 is 23.0 Å². The summed E-state index contributed by atoms with van der Waals surface area (Å²) >= 11 is 5.81. The van der Waals surface area contributed by atoms with Crippen molar-refractivity contribution in [2.75, 3.05) is 4.90 Å². The number of thiocarbonyl (C=S) groups is 1. The van der Waals surface area contributed by atoms with Crippen LogP contribution < -0.4 is 10.2 Å². The molecule has 4 heterocycles. The van der Waals surface area contributed by atoms with E-state index in [0.717, 1.165) is 22.8 Å². The predicted octanol–water partition coefficient (Wildman–Crippen LogP) is 4.75. The minimum absolute atomic E-state index is 0.0572. The van der Waals surface area contributed by atoms with Crippen LogP contribution in [0.15, 0.2) is 91.5 Å². The minimum atomic E-state index is -0.0736. The van der Waals surface area contributed by atoms with Gasteiger partial charge in [0.05, 0.1) is 11.7 Å². The van der Waals surface area contributed by atoms with Gasteiger partial charge in [-0.2, -0.15) is 0 Å². The molecule has 2 unspecified atom stereocenters. The lowest BCUT2D eigenvalue weighted by Gasteiger charge is -2.29. The molecule has 0 spiro atoms. The molecule has 1 fully saturated rings. The van der Waals surface area contributed by atoms with Crippen LogP contribution in [-0.2, 0) is 0 Å². The number of anilines is 1. The third-order valence-electron chi connectivity index (χ3n) is 5.43. The van der Waals surface area contributed by atoms with Gasteiger partial charge in [0.2, 0.25) is 0 Å². The standard InChI is InChI=1S/C24H21N5S/c1-17-7-9-19(10-8-17)29-23(22(27-24(29)30)20-5-2-3-13-26-20)21-6-4-16-28(21)18-11-14-25-15-12-18/h2-16,22-23H,1H3,(H,27,30). The van der Waals surface area contributed by atoms with Gasteiger partial charge in [-0.3, -0.25) is 9.97 Å². The summed E-state index contributed by atoms with van der Waals surface area (Å²) in [4.78, 5) is 11.0. The van der Waals surface area contributed by atoms with E-state index >= 15 is 0 Å². The van der Waals surface area contributed by atoms with E-state index < -0.39 is 0 Å². The highest BCUT2D eigenvalue weighted by molar-refractivity contribution is 7.80. The fourth-order valence-corrected chi connectivity index (χ4v) is 4.36. The lowest BCUT2D eigenvalue weighted by Crippen LogP contribution is -2.30. The van der Waals surface area contributed by atoms with Gasteiger partial charge in [-0.1, -0.05) is 23.8 Å². The lowest BCUT2D eigenvalue weighted by atomic mass is 10.0. The monoisotopic (exact) mass is 411 g/mol. The molecule has 0 aliphatic carbocycles. The molecule has 148 valence electrons. The van der Waals surface area contributed by atoms with E-state index in [0.29, 0.717) is 5.11 Å². The molecule has 1 saturated heterocycles. The van der Waals surface area contributed by atoms with Gasteiger partial charge in [0.15, 0.2) is 5.11 Å². The van der Waals surface area contributed by atoms with Crippen LogP contribution >= 0.6 is 12.2 Å². The van der Waals surface area contributed by atoms with Crippen molar-refractivity contribution in [3.63, 3.8) is 0 Å². The number of aryl methyl sites for hydroxylation is 1. The van der Waals surface area contributed by atoms with Gasteiger partial charge in [0.1, 0.15) is 6.04 Å². The Labute approximate surface area is 181 Å². The summed E-state index contributed by atoms with van der Waals surface area (Å²) in [5.74, 6) is 0. The normalized spacial score (nSPS) is 18.4. The summed E-state index contributed by atoms with van der Waals surface area (Å²) in [6.07, 6.45) is 7.53. The van der Waals surface area contributed by atoms with E-state index in [1.54, 1.807) is 0 Å². The minimum Gasteiger partial charge on any atom is -0.351 e. The Morgan fingerprint density at radius 1 is 0.867 bits per heavy atom. The van der Waals surface area contributed by atoms with Crippen LogP contribution in [0.25, 0.3) is 5.69 Å². The molecule has 5 rings (SSSR count). The number of aromatic nitrogens is 3. The Kier molecular flexibility index (Phi) is 4.77. The largest absolute Gasteiger partial charge is 0.351 e. The molecule has 0 radical (unpaired) electrons. The van der Waals surface area contributed by atoms with Crippen LogP contribution in [0.5, 0.6) is 0 Å². The van der Waals surface area contributed by atoms with Gasteiger partial charge in [-0.15, -0.1) is 0 Å². The molecule has 0 bridgehead atoms. The Morgan fingerprint density at radius 3 is 2.40 bits per heavy atom. The molecular formula is C24H21N5S. The Bertz CT molecular complexity index is 1160. The molecule has 1 aromatic carbocycles. The van der Waals surface area contributed by atoms with Crippen molar-refractivity contribution < 1.29 is 0 Å². The number of rotatable bonds is 4. The summed E-state index contributed by atoms with van der Waals surface area (Å²) < 4.78 is 2.19. The van der Waals surface area contributed by atoms with E-state index in [1.807, 2.05) is 48.9 Å². The molecule has 3 aromatic heterocycles. The number of nitrogens with one attached hydrogen (secondary N) is 1. The Morgan fingerprint density at radius 2 is 1.67 bits per heavy atom. The van der Waals surface area contributed by atoms with Crippen molar-refractivity contribution in [3.05, 3.63) is 108 Å². The molecule has 1 N–H and O–H groups in total. The molecule has 5 nitrogen and oxygen atoms in total. The number of hydrogen-bond acceptors (Lipinski definition) is 3. The highest BCUT2D eigenvalue weighted by atomic mass is 32.1.